The zero-order valence-electron chi connectivity index (χ0n) is 12.6. The van der Waals surface area contributed by atoms with Crippen LogP contribution in [0.4, 0.5) is 0 Å². The first-order valence-corrected chi connectivity index (χ1v) is 7.27. The number of benzene rings is 1. The number of amides is 1. The molecule has 2 aromatic rings. The number of methoxy groups -OCH3 is 1. The molecule has 0 bridgehead atoms. The highest BCUT2D eigenvalue weighted by molar-refractivity contribution is 5.95. The number of aromatic nitrogens is 2. The molecule has 0 fully saturated rings. The smallest absolute Gasteiger partial charge is 0.337 e. The number of H-pyrrole nitrogens is 1. The molecule has 7 nitrogen and oxygen atoms in total. The lowest BCUT2D eigenvalue weighted by Crippen LogP contribution is -2.19. The molecule has 0 saturated heterocycles. The highest BCUT2D eigenvalue weighted by atomic mass is 16.5. The van der Waals surface area contributed by atoms with Gasteiger partial charge >= 0.3 is 5.97 Å². The molecule has 1 aromatic carbocycles. The second-order valence-corrected chi connectivity index (χ2v) is 5.20. The second kappa shape index (κ2) is 6.43. The van der Waals surface area contributed by atoms with E-state index in [1.54, 1.807) is 24.3 Å². The quantitative estimate of drug-likeness (QED) is 0.507. The minimum Gasteiger partial charge on any atom is -0.465 e. The van der Waals surface area contributed by atoms with Crippen molar-refractivity contribution in [3.63, 3.8) is 0 Å². The average Bonchev–Trinajstić information content (AvgIpc) is 3.18. The van der Waals surface area contributed by atoms with E-state index >= 15 is 0 Å². The van der Waals surface area contributed by atoms with Crippen LogP contribution in [0.3, 0.4) is 0 Å². The minimum atomic E-state index is -0.394. The van der Waals surface area contributed by atoms with Gasteiger partial charge in [-0.05, 0) is 37.0 Å². The minimum absolute atomic E-state index is 0.327. The molecular weight excluding hydrogens is 296 g/mol. The van der Waals surface area contributed by atoms with Crippen molar-refractivity contribution < 1.29 is 14.3 Å². The number of aromatic amines is 1. The van der Waals surface area contributed by atoms with E-state index in [1.165, 1.54) is 13.3 Å². The van der Waals surface area contributed by atoms with E-state index in [9.17, 15) is 9.59 Å². The molecule has 0 unspecified atom stereocenters. The van der Waals surface area contributed by atoms with Crippen molar-refractivity contribution in [2.75, 3.05) is 7.11 Å². The monoisotopic (exact) mass is 312 g/mol. The molecule has 0 atom stereocenters. The number of aryl methyl sites for hydroxylation is 1. The molecule has 7 heteroatoms. The normalized spacial score (nSPS) is 13.1. The van der Waals surface area contributed by atoms with Gasteiger partial charge in [0, 0.05) is 11.3 Å². The molecule has 0 spiro atoms. The summed E-state index contributed by atoms with van der Waals surface area (Å²) in [7, 11) is 1.33. The molecule has 0 aliphatic heterocycles. The Kier molecular flexibility index (Phi) is 4.18. The summed E-state index contributed by atoms with van der Waals surface area (Å²) in [6.07, 6.45) is 4.35. The molecule has 1 heterocycles. The standard InChI is InChI=1S/C16H16N4O3/c1-23-16(22)11-7-5-10(6-8-11)9-17-20-15(21)14-12-3-2-4-13(12)18-19-14/h5-9H,2-4H2,1H3,(H,18,19)(H,20,21)/b17-9-. The van der Waals surface area contributed by atoms with Crippen LogP contribution >= 0.6 is 0 Å². The first-order valence-electron chi connectivity index (χ1n) is 7.27. The molecule has 2 N–H and O–H groups in total. The van der Waals surface area contributed by atoms with Gasteiger partial charge in [0.1, 0.15) is 0 Å². The van der Waals surface area contributed by atoms with E-state index in [1.807, 2.05) is 0 Å². The molecule has 1 amide bonds. The predicted molar refractivity (Wildman–Crippen MR) is 83.5 cm³/mol. The Labute approximate surface area is 132 Å². The molecule has 1 aromatic heterocycles. The summed E-state index contributed by atoms with van der Waals surface area (Å²) >= 11 is 0. The number of rotatable bonds is 4. The van der Waals surface area contributed by atoms with Gasteiger partial charge in [-0.1, -0.05) is 12.1 Å². The number of hydrogen-bond acceptors (Lipinski definition) is 5. The van der Waals surface area contributed by atoms with Crippen LogP contribution in [0.15, 0.2) is 29.4 Å². The first kappa shape index (κ1) is 15.0. The molecule has 1 aliphatic rings. The molecule has 0 radical (unpaired) electrons. The number of nitrogens with zero attached hydrogens (tertiary/aromatic N) is 2. The van der Waals surface area contributed by atoms with Crippen molar-refractivity contribution in [1.29, 1.82) is 0 Å². The zero-order valence-corrected chi connectivity index (χ0v) is 12.6. The Hall–Kier alpha value is -2.96. The number of carbonyl (C=O) groups excluding carboxylic acids is 2. The van der Waals surface area contributed by atoms with E-state index in [4.69, 9.17) is 0 Å². The van der Waals surface area contributed by atoms with Crippen LogP contribution in [0.25, 0.3) is 0 Å². The summed E-state index contributed by atoms with van der Waals surface area (Å²) in [6.45, 7) is 0. The number of fused-ring (bicyclic) bond motifs is 1. The molecule has 118 valence electrons. The highest BCUT2D eigenvalue weighted by Crippen LogP contribution is 2.22. The number of hydrazone groups is 1. The van der Waals surface area contributed by atoms with Gasteiger partial charge in [0.15, 0.2) is 5.69 Å². The summed E-state index contributed by atoms with van der Waals surface area (Å²) in [5.41, 5.74) is 6.12. The van der Waals surface area contributed by atoms with Crippen LogP contribution in [0.1, 0.15) is 44.1 Å². The van der Waals surface area contributed by atoms with Crippen LogP contribution in [-0.2, 0) is 17.6 Å². The topological polar surface area (TPSA) is 96.4 Å². The van der Waals surface area contributed by atoms with E-state index in [0.717, 1.165) is 36.1 Å². The summed E-state index contributed by atoms with van der Waals surface area (Å²) < 4.78 is 4.63. The number of esters is 1. The lowest BCUT2D eigenvalue weighted by Gasteiger charge is -2.00. The van der Waals surface area contributed by atoms with Gasteiger partial charge in [0.05, 0.1) is 18.9 Å². The Bertz CT molecular complexity index is 762. The van der Waals surface area contributed by atoms with Crippen LogP contribution < -0.4 is 5.43 Å². The van der Waals surface area contributed by atoms with Crippen LogP contribution in [0.2, 0.25) is 0 Å². The number of carbonyl (C=O) groups is 2. The lowest BCUT2D eigenvalue weighted by atomic mass is 10.1. The number of ether oxygens (including phenoxy) is 1. The zero-order chi connectivity index (χ0) is 16.2. The summed E-state index contributed by atoms with van der Waals surface area (Å²) in [6, 6.07) is 6.70. The van der Waals surface area contributed by atoms with Gasteiger partial charge in [-0.15, -0.1) is 0 Å². The van der Waals surface area contributed by atoms with Crippen molar-refractivity contribution in [2.45, 2.75) is 19.3 Å². The average molecular weight is 312 g/mol. The highest BCUT2D eigenvalue weighted by Gasteiger charge is 2.22. The van der Waals surface area contributed by atoms with E-state index < -0.39 is 5.97 Å². The van der Waals surface area contributed by atoms with Gasteiger partial charge in [0.25, 0.3) is 5.91 Å². The van der Waals surface area contributed by atoms with Gasteiger partial charge in [0.2, 0.25) is 0 Å². The van der Waals surface area contributed by atoms with Crippen LogP contribution in [0, 0.1) is 0 Å². The van der Waals surface area contributed by atoms with Crippen molar-refractivity contribution >= 4 is 18.1 Å². The third-order valence-corrected chi connectivity index (χ3v) is 3.73. The van der Waals surface area contributed by atoms with Crippen molar-refractivity contribution in [3.8, 4) is 0 Å². The maximum Gasteiger partial charge on any atom is 0.337 e. The lowest BCUT2D eigenvalue weighted by molar-refractivity contribution is 0.0600. The molecule has 23 heavy (non-hydrogen) atoms. The summed E-state index contributed by atoms with van der Waals surface area (Å²) in [5, 5.41) is 10.9. The summed E-state index contributed by atoms with van der Waals surface area (Å²) in [4.78, 5) is 23.4. The second-order valence-electron chi connectivity index (χ2n) is 5.20. The Morgan fingerprint density at radius 1 is 1.30 bits per heavy atom. The summed E-state index contributed by atoms with van der Waals surface area (Å²) in [5.74, 6) is -0.721. The van der Waals surface area contributed by atoms with E-state index in [-0.39, 0.29) is 5.91 Å². The Balaban J connectivity index is 1.62. The maximum atomic E-state index is 12.1. The Morgan fingerprint density at radius 2 is 2.09 bits per heavy atom. The van der Waals surface area contributed by atoms with Crippen molar-refractivity contribution in [3.05, 3.63) is 52.3 Å². The number of hydrogen-bond donors (Lipinski definition) is 2. The third-order valence-electron chi connectivity index (χ3n) is 3.73. The predicted octanol–water partition coefficient (Wildman–Crippen LogP) is 1.45. The largest absolute Gasteiger partial charge is 0.465 e. The molecular formula is C16H16N4O3. The van der Waals surface area contributed by atoms with E-state index in [0.29, 0.717) is 11.3 Å². The van der Waals surface area contributed by atoms with Crippen molar-refractivity contribution in [2.24, 2.45) is 5.10 Å². The molecule has 1 aliphatic carbocycles. The molecule has 0 saturated carbocycles. The molecule has 3 rings (SSSR count). The van der Waals surface area contributed by atoms with E-state index in [2.05, 4.69) is 25.5 Å². The SMILES string of the molecule is COC(=O)c1ccc(/C=N\NC(=O)c2n[nH]c3c2CCC3)cc1. The number of nitrogens with one attached hydrogen (secondary N) is 2. The first-order chi connectivity index (χ1) is 11.2. The fourth-order valence-electron chi connectivity index (χ4n) is 2.55. The Morgan fingerprint density at radius 3 is 2.83 bits per heavy atom. The fourth-order valence-corrected chi connectivity index (χ4v) is 2.55. The van der Waals surface area contributed by atoms with Gasteiger partial charge in [-0.25, -0.2) is 10.2 Å². The third kappa shape index (κ3) is 3.13. The maximum absolute atomic E-state index is 12.1. The van der Waals surface area contributed by atoms with Gasteiger partial charge in [-0.3, -0.25) is 9.89 Å². The fraction of sp³-hybridized carbons (Fsp3) is 0.250. The van der Waals surface area contributed by atoms with Gasteiger partial charge in [-0.2, -0.15) is 10.2 Å². The van der Waals surface area contributed by atoms with Crippen LogP contribution in [-0.4, -0.2) is 35.4 Å². The van der Waals surface area contributed by atoms with Crippen molar-refractivity contribution in [1.82, 2.24) is 15.6 Å². The van der Waals surface area contributed by atoms with Crippen LogP contribution in [0.5, 0.6) is 0 Å². The van der Waals surface area contributed by atoms with Gasteiger partial charge < -0.3 is 4.74 Å².